The Hall–Kier alpha value is -3.10. The van der Waals surface area contributed by atoms with Gasteiger partial charge in [-0.25, -0.2) is 0 Å². The lowest BCUT2D eigenvalue weighted by molar-refractivity contribution is 0.188. The number of β-amino-alcohol motifs (C(OH)–C–C–N with tert-alkyl or cyclic N) is 1. The second-order valence-corrected chi connectivity index (χ2v) is 7.43. The van der Waals surface area contributed by atoms with E-state index in [1.165, 1.54) is 5.57 Å². The number of rotatable bonds is 6. The predicted octanol–water partition coefficient (Wildman–Crippen LogP) is 1.93. The van der Waals surface area contributed by atoms with Gasteiger partial charge in [0, 0.05) is 32.7 Å². The zero-order chi connectivity index (χ0) is 20.8. The molecule has 8 nitrogen and oxygen atoms in total. The van der Waals surface area contributed by atoms with Gasteiger partial charge in [0.15, 0.2) is 5.82 Å². The number of amidine groups is 1. The van der Waals surface area contributed by atoms with E-state index in [1.807, 2.05) is 48.6 Å². The minimum Gasteiger partial charge on any atom is -0.395 e. The Morgan fingerprint density at radius 1 is 1.03 bits per heavy atom. The number of hydrogen-bond donors (Lipinski definition) is 2. The Morgan fingerprint density at radius 3 is 2.53 bits per heavy atom. The molecule has 0 saturated carbocycles. The van der Waals surface area contributed by atoms with Gasteiger partial charge >= 0.3 is 0 Å². The first kappa shape index (κ1) is 20.2. The van der Waals surface area contributed by atoms with Crippen LogP contribution < -0.4 is 10.2 Å². The Labute approximate surface area is 176 Å². The molecule has 2 aliphatic rings. The second-order valence-electron chi connectivity index (χ2n) is 7.43. The summed E-state index contributed by atoms with van der Waals surface area (Å²) in [4.78, 5) is 22.8. The summed E-state index contributed by atoms with van der Waals surface area (Å²) in [5.74, 6) is 2.53. The van der Waals surface area contributed by atoms with Crippen molar-refractivity contribution >= 4 is 29.9 Å². The van der Waals surface area contributed by atoms with Crippen molar-refractivity contribution < 1.29 is 5.11 Å². The quantitative estimate of drug-likeness (QED) is 0.759. The van der Waals surface area contributed by atoms with Crippen molar-refractivity contribution in [2.24, 2.45) is 4.99 Å². The lowest BCUT2D eigenvalue weighted by Gasteiger charge is -2.34. The molecular weight excluding hydrogens is 378 g/mol. The van der Waals surface area contributed by atoms with Crippen molar-refractivity contribution in [1.29, 1.82) is 0 Å². The van der Waals surface area contributed by atoms with Crippen LogP contribution in [0.1, 0.15) is 18.3 Å². The molecule has 0 aliphatic carbocycles. The van der Waals surface area contributed by atoms with Crippen molar-refractivity contribution in [3.63, 3.8) is 0 Å². The van der Waals surface area contributed by atoms with Gasteiger partial charge in [-0.2, -0.15) is 15.0 Å². The third kappa shape index (κ3) is 5.28. The van der Waals surface area contributed by atoms with Gasteiger partial charge in [0.1, 0.15) is 5.84 Å². The Kier molecular flexibility index (Phi) is 6.46. The maximum atomic E-state index is 9.16. The highest BCUT2D eigenvalue weighted by atomic mass is 16.3. The molecule has 0 radical (unpaired) electrons. The van der Waals surface area contributed by atoms with Crippen LogP contribution in [0.25, 0.3) is 12.2 Å². The number of hydrogen-bond acceptors (Lipinski definition) is 8. The van der Waals surface area contributed by atoms with Crippen LogP contribution >= 0.6 is 0 Å². The van der Waals surface area contributed by atoms with E-state index >= 15 is 0 Å². The van der Waals surface area contributed by atoms with E-state index < -0.39 is 0 Å². The second kappa shape index (κ2) is 9.60. The number of aromatic nitrogens is 3. The number of aliphatic imine (C=N–C) groups is 1. The molecule has 1 aromatic carbocycles. The van der Waals surface area contributed by atoms with Crippen LogP contribution in [0.4, 0.5) is 11.9 Å². The van der Waals surface area contributed by atoms with Crippen LogP contribution in [-0.4, -0.2) is 76.7 Å². The molecule has 8 heteroatoms. The van der Waals surface area contributed by atoms with Crippen molar-refractivity contribution in [3.8, 4) is 0 Å². The van der Waals surface area contributed by atoms with Crippen LogP contribution in [-0.2, 0) is 0 Å². The highest BCUT2D eigenvalue weighted by Gasteiger charge is 2.20. The Balaban J connectivity index is 1.57. The van der Waals surface area contributed by atoms with Crippen molar-refractivity contribution in [1.82, 2.24) is 19.9 Å². The molecule has 1 saturated heterocycles. The normalized spacial score (nSPS) is 17.3. The first-order valence-corrected chi connectivity index (χ1v) is 10.3. The molecule has 30 heavy (non-hydrogen) atoms. The van der Waals surface area contributed by atoms with Crippen molar-refractivity contribution in [2.75, 3.05) is 56.1 Å². The van der Waals surface area contributed by atoms with E-state index in [0.29, 0.717) is 30.8 Å². The summed E-state index contributed by atoms with van der Waals surface area (Å²) in [5, 5.41) is 12.4. The van der Waals surface area contributed by atoms with E-state index in [2.05, 4.69) is 42.0 Å². The number of aliphatic hydroxyl groups excluding tert-OH is 1. The lowest BCUT2D eigenvalue weighted by atomic mass is 10.2. The number of nitrogens with zero attached hydrogens (tertiary/aromatic N) is 6. The number of anilines is 2. The molecule has 2 aliphatic heterocycles. The average molecular weight is 406 g/mol. The zero-order valence-electron chi connectivity index (χ0n) is 17.2. The molecule has 4 rings (SSSR count). The minimum absolute atomic E-state index is 0.184. The van der Waals surface area contributed by atoms with Gasteiger partial charge in [-0.3, -0.25) is 9.89 Å². The third-order valence-corrected chi connectivity index (χ3v) is 5.06. The van der Waals surface area contributed by atoms with Gasteiger partial charge in [-0.15, -0.1) is 0 Å². The molecule has 156 valence electrons. The van der Waals surface area contributed by atoms with Gasteiger partial charge in [0.25, 0.3) is 0 Å². The highest BCUT2D eigenvalue weighted by Crippen LogP contribution is 2.16. The van der Waals surface area contributed by atoms with Crippen LogP contribution in [0.5, 0.6) is 0 Å². The topological polar surface area (TPSA) is 89.8 Å². The van der Waals surface area contributed by atoms with E-state index in [9.17, 15) is 0 Å². The zero-order valence-corrected chi connectivity index (χ0v) is 17.2. The van der Waals surface area contributed by atoms with Gasteiger partial charge in [0.05, 0.1) is 13.2 Å². The lowest BCUT2D eigenvalue weighted by Crippen LogP contribution is -2.47. The third-order valence-electron chi connectivity index (χ3n) is 5.06. The molecule has 0 atom stereocenters. The fourth-order valence-electron chi connectivity index (χ4n) is 3.43. The molecule has 2 aromatic rings. The Morgan fingerprint density at radius 2 is 1.83 bits per heavy atom. The largest absolute Gasteiger partial charge is 0.395 e. The van der Waals surface area contributed by atoms with Gasteiger partial charge < -0.3 is 15.3 Å². The van der Waals surface area contributed by atoms with E-state index in [1.54, 1.807) is 0 Å². The smallest absolute Gasteiger partial charge is 0.233 e. The molecule has 0 amide bonds. The maximum Gasteiger partial charge on any atom is 0.233 e. The summed E-state index contributed by atoms with van der Waals surface area (Å²) in [6.45, 7) is 7.01. The molecule has 0 spiro atoms. The number of aliphatic hydroxyl groups is 1. The number of nitrogens with one attached hydrogen (secondary N) is 1. The Bertz CT molecular complexity index is 947. The average Bonchev–Trinajstić information content (AvgIpc) is 3.18. The maximum absolute atomic E-state index is 9.16. The van der Waals surface area contributed by atoms with E-state index in [-0.39, 0.29) is 6.61 Å². The molecule has 0 bridgehead atoms. The van der Waals surface area contributed by atoms with Crippen molar-refractivity contribution in [3.05, 3.63) is 53.4 Å². The fraction of sp³-hybridized carbons (Fsp3) is 0.364. The molecule has 1 aromatic heterocycles. The first-order chi connectivity index (χ1) is 14.7. The van der Waals surface area contributed by atoms with Gasteiger partial charge in [-0.1, -0.05) is 36.4 Å². The monoisotopic (exact) mass is 405 g/mol. The SMILES string of the molecule is CC1=CC(Nc2nc(/C=C/c3ccccc3)nc(N3CCN(CCO)CC3)n2)=NC1. The molecular formula is C22H27N7O. The van der Waals surface area contributed by atoms with Crippen LogP contribution in [0.2, 0.25) is 0 Å². The van der Waals surface area contributed by atoms with Crippen molar-refractivity contribution in [2.45, 2.75) is 6.92 Å². The van der Waals surface area contributed by atoms with E-state index in [0.717, 1.165) is 37.6 Å². The predicted molar refractivity (Wildman–Crippen MR) is 121 cm³/mol. The molecule has 2 N–H and O–H groups in total. The first-order valence-electron chi connectivity index (χ1n) is 10.3. The summed E-state index contributed by atoms with van der Waals surface area (Å²) in [6, 6.07) is 10.1. The summed E-state index contributed by atoms with van der Waals surface area (Å²) >= 11 is 0. The summed E-state index contributed by atoms with van der Waals surface area (Å²) in [5.41, 5.74) is 2.29. The van der Waals surface area contributed by atoms with Crippen LogP contribution in [0, 0.1) is 0 Å². The molecule has 1 fully saturated rings. The summed E-state index contributed by atoms with van der Waals surface area (Å²) in [7, 11) is 0. The number of piperazine rings is 1. The van der Waals surface area contributed by atoms with E-state index in [4.69, 9.17) is 5.11 Å². The minimum atomic E-state index is 0.184. The molecule has 0 unspecified atom stereocenters. The summed E-state index contributed by atoms with van der Waals surface area (Å²) in [6.07, 6.45) is 5.92. The van der Waals surface area contributed by atoms with Crippen LogP contribution in [0.3, 0.4) is 0 Å². The van der Waals surface area contributed by atoms with Gasteiger partial charge in [-0.05, 0) is 30.2 Å². The number of benzene rings is 1. The highest BCUT2D eigenvalue weighted by molar-refractivity contribution is 6.04. The molecule has 3 heterocycles. The van der Waals surface area contributed by atoms with Crippen LogP contribution in [0.15, 0.2) is 47.0 Å². The summed E-state index contributed by atoms with van der Waals surface area (Å²) < 4.78 is 0. The van der Waals surface area contributed by atoms with Gasteiger partial charge in [0.2, 0.25) is 11.9 Å². The standard InChI is InChI=1S/C22H27N7O/c1-17-15-20(23-16-17)25-21-24-19(8-7-18-5-3-2-4-6-18)26-22(27-21)29-11-9-28(10-12-29)13-14-30/h2-8,15,30H,9-14,16H2,1H3,(H,23,24,25,26,27)/b8-7+. The fourth-order valence-corrected chi connectivity index (χ4v) is 3.43.